The van der Waals surface area contributed by atoms with Crippen LogP contribution in [0.25, 0.3) is 11.3 Å². The molecular weight excluding hydrogens is 346 g/mol. The Hall–Kier alpha value is -2.44. The van der Waals surface area contributed by atoms with Crippen LogP contribution in [0.1, 0.15) is 26.5 Å². The number of sulfonamides is 1. The lowest BCUT2D eigenvalue weighted by molar-refractivity contribution is 0.357. The molecule has 2 aromatic carbocycles. The summed E-state index contributed by atoms with van der Waals surface area (Å²) in [4.78, 5) is 0.249. The Balaban J connectivity index is 1.89. The minimum Gasteiger partial charge on any atom is -0.259 e. The first-order valence-electron chi connectivity index (χ1n) is 8.47. The van der Waals surface area contributed by atoms with Gasteiger partial charge in [0.2, 0.25) is 10.0 Å². The largest absolute Gasteiger partial charge is 0.259 e. The Morgan fingerprint density at radius 2 is 1.54 bits per heavy atom. The average Bonchev–Trinajstić information content (AvgIpc) is 3.07. The quantitative estimate of drug-likeness (QED) is 0.744. The van der Waals surface area contributed by atoms with Gasteiger partial charge in [0, 0.05) is 0 Å². The average molecular weight is 369 g/mol. The standard InChI is InChI=1S/C20H23N3O2S/c1-20(2,3)23-19(16-10-6-4-7-11-16)14-17(22-23)15-21-26(24,25)18-12-8-5-9-13-18/h4-14,21H,15H2,1-3H3. The van der Waals surface area contributed by atoms with Crippen molar-refractivity contribution < 1.29 is 8.42 Å². The topological polar surface area (TPSA) is 64.0 Å². The Morgan fingerprint density at radius 3 is 2.12 bits per heavy atom. The summed E-state index contributed by atoms with van der Waals surface area (Å²) in [5.74, 6) is 0. The van der Waals surface area contributed by atoms with Gasteiger partial charge in [0.25, 0.3) is 0 Å². The second-order valence-electron chi connectivity index (χ2n) is 7.11. The van der Waals surface area contributed by atoms with E-state index < -0.39 is 10.0 Å². The van der Waals surface area contributed by atoms with E-state index in [1.165, 1.54) is 0 Å². The smallest absolute Gasteiger partial charge is 0.240 e. The van der Waals surface area contributed by atoms with Gasteiger partial charge in [-0.15, -0.1) is 0 Å². The molecule has 26 heavy (non-hydrogen) atoms. The highest BCUT2D eigenvalue weighted by atomic mass is 32.2. The minimum atomic E-state index is -3.56. The van der Waals surface area contributed by atoms with Gasteiger partial charge in [-0.2, -0.15) is 5.10 Å². The first-order chi connectivity index (χ1) is 12.3. The van der Waals surface area contributed by atoms with Crippen molar-refractivity contribution in [1.82, 2.24) is 14.5 Å². The van der Waals surface area contributed by atoms with Crippen LogP contribution in [0.4, 0.5) is 0 Å². The van der Waals surface area contributed by atoms with Gasteiger partial charge in [-0.1, -0.05) is 48.5 Å². The summed E-state index contributed by atoms with van der Waals surface area (Å²) in [7, 11) is -3.56. The maximum absolute atomic E-state index is 12.4. The van der Waals surface area contributed by atoms with Crippen molar-refractivity contribution in [2.45, 2.75) is 37.8 Å². The second kappa shape index (κ2) is 7.05. The molecule has 1 N–H and O–H groups in total. The van der Waals surface area contributed by atoms with Crippen molar-refractivity contribution in [3.8, 4) is 11.3 Å². The zero-order valence-corrected chi connectivity index (χ0v) is 16.0. The van der Waals surface area contributed by atoms with Gasteiger partial charge in [-0.3, -0.25) is 4.68 Å². The van der Waals surface area contributed by atoms with Crippen molar-refractivity contribution in [2.24, 2.45) is 0 Å². The molecule has 1 aromatic heterocycles. The zero-order valence-electron chi connectivity index (χ0n) is 15.2. The molecule has 0 unspecified atom stereocenters. The van der Waals surface area contributed by atoms with Crippen LogP contribution in [0.15, 0.2) is 71.6 Å². The van der Waals surface area contributed by atoms with E-state index in [2.05, 4.69) is 30.6 Å². The van der Waals surface area contributed by atoms with Gasteiger partial charge in [0.1, 0.15) is 0 Å². The third kappa shape index (κ3) is 4.03. The number of benzene rings is 2. The van der Waals surface area contributed by atoms with Crippen molar-refractivity contribution in [3.05, 3.63) is 72.4 Å². The number of nitrogens with zero attached hydrogens (tertiary/aromatic N) is 2. The molecule has 0 radical (unpaired) electrons. The van der Waals surface area contributed by atoms with Crippen LogP contribution in [-0.4, -0.2) is 18.2 Å². The predicted molar refractivity (Wildman–Crippen MR) is 103 cm³/mol. The molecule has 3 aromatic rings. The highest BCUT2D eigenvalue weighted by Crippen LogP contribution is 2.26. The van der Waals surface area contributed by atoms with E-state index in [1.807, 2.05) is 41.1 Å². The van der Waals surface area contributed by atoms with E-state index >= 15 is 0 Å². The van der Waals surface area contributed by atoms with Crippen LogP contribution < -0.4 is 4.72 Å². The van der Waals surface area contributed by atoms with Crippen molar-refractivity contribution in [3.63, 3.8) is 0 Å². The molecule has 0 saturated carbocycles. The summed E-state index contributed by atoms with van der Waals surface area (Å²) in [6.45, 7) is 6.36. The highest BCUT2D eigenvalue weighted by molar-refractivity contribution is 7.89. The van der Waals surface area contributed by atoms with Crippen molar-refractivity contribution >= 4 is 10.0 Å². The summed E-state index contributed by atoms with van der Waals surface area (Å²) in [6, 6.07) is 20.3. The third-order valence-electron chi connectivity index (χ3n) is 3.96. The lowest BCUT2D eigenvalue weighted by Gasteiger charge is -2.22. The number of hydrogen-bond acceptors (Lipinski definition) is 3. The van der Waals surface area contributed by atoms with Crippen molar-refractivity contribution in [2.75, 3.05) is 0 Å². The Labute approximate surface area is 154 Å². The van der Waals surface area contributed by atoms with E-state index in [9.17, 15) is 8.42 Å². The lowest BCUT2D eigenvalue weighted by Crippen LogP contribution is -2.26. The summed E-state index contributed by atoms with van der Waals surface area (Å²) in [5, 5.41) is 4.64. The molecule has 6 heteroatoms. The maximum atomic E-state index is 12.4. The van der Waals surface area contributed by atoms with Crippen molar-refractivity contribution in [1.29, 1.82) is 0 Å². The molecule has 0 aliphatic heterocycles. The van der Waals surface area contributed by atoms with Gasteiger partial charge in [0.15, 0.2) is 0 Å². The first kappa shape index (κ1) is 18.4. The molecule has 0 aliphatic rings. The van der Waals surface area contributed by atoms with E-state index in [-0.39, 0.29) is 17.0 Å². The summed E-state index contributed by atoms with van der Waals surface area (Å²) >= 11 is 0. The van der Waals surface area contributed by atoms with E-state index in [1.54, 1.807) is 30.3 Å². The van der Waals surface area contributed by atoms with E-state index in [0.717, 1.165) is 11.3 Å². The summed E-state index contributed by atoms with van der Waals surface area (Å²) in [5.41, 5.74) is 2.47. The molecule has 0 spiro atoms. The number of nitrogens with one attached hydrogen (secondary N) is 1. The molecule has 0 amide bonds. The molecule has 0 fully saturated rings. The Bertz CT molecular complexity index is 973. The normalized spacial score (nSPS) is 12.3. The fraction of sp³-hybridized carbons (Fsp3) is 0.250. The number of rotatable bonds is 5. The molecule has 0 atom stereocenters. The van der Waals surface area contributed by atoms with Crippen LogP contribution in [0.3, 0.4) is 0 Å². The minimum absolute atomic E-state index is 0.139. The van der Waals surface area contributed by atoms with Crippen LogP contribution >= 0.6 is 0 Å². The summed E-state index contributed by atoms with van der Waals surface area (Å²) < 4.78 is 29.4. The Morgan fingerprint density at radius 1 is 0.962 bits per heavy atom. The highest BCUT2D eigenvalue weighted by Gasteiger charge is 2.21. The van der Waals surface area contributed by atoms with Gasteiger partial charge in [-0.05, 0) is 44.5 Å². The fourth-order valence-corrected chi connectivity index (χ4v) is 3.71. The fourth-order valence-electron chi connectivity index (χ4n) is 2.69. The van der Waals surface area contributed by atoms with Gasteiger partial charge in [0.05, 0.1) is 28.4 Å². The lowest BCUT2D eigenvalue weighted by atomic mass is 10.1. The summed E-state index contributed by atoms with van der Waals surface area (Å²) in [6.07, 6.45) is 0. The Kier molecular flexibility index (Phi) is 4.98. The molecule has 0 saturated heterocycles. The van der Waals surface area contributed by atoms with Crippen LogP contribution in [0.2, 0.25) is 0 Å². The predicted octanol–water partition coefficient (Wildman–Crippen LogP) is 3.78. The van der Waals surface area contributed by atoms with Gasteiger partial charge in [-0.25, -0.2) is 13.1 Å². The van der Waals surface area contributed by atoms with Crippen LogP contribution in [0, 0.1) is 0 Å². The second-order valence-corrected chi connectivity index (χ2v) is 8.87. The molecule has 0 aliphatic carbocycles. The van der Waals surface area contributed by atoms with Crippen LogP contribution in [-0.2, 0) is 22.1 Å². The monoisotopic (exact) mass is 369 g/mol. The molecular formula is C20H23N3O2S. The molecule has 0 bridgehead atoms. The zero-order chi connectivity index (χ0) is 18.8. The molecule has 5 nitrogen and oxygen atoms in total. The van der Waals surface area contributed by atoms with Gasteiger partial charge < -0.3 is 0 Å². The van der Waals surface area contributed by atoms with E-state index in [4.69, 9.17) is 0 Å². The maximum Gasteiger partial charge on any atom is 0.240 e. The SMILES string of the molecule is CC(C)(C)n1nc(CNS(=O)(=O)c2ccccc2)cc1-c1ccccc1. The number of aromatic nitrogens is 2. The third-order valence-corrected chi connectivity index (χ3v) is 5.38. The molecule has 136 valence electrons. The van der Waals surface area contributed by atoms with Crippen LogP contribution in [0.5, 0.6) is 0 Å². The van der Waals surface area contributed by atoms with E-state index in [0.29, 0.717) is 5.69 Å². The molecule has 1 heterocycles. The molecule has 3 rings (SSSR count). The first-order valence-corrected chi connectivity index (χ1v) is 9.95. The van der Waals surface area contributed by atoms with Gasteiger partial charge >= 0.3 is 0 Å². The number of hydrogen-bond donors (Lipinski definition) is 1.